The Balaban J connectivity index is 2.16. The van der Waals surface area contributed by atoms with Gasteiger partial charge in [-0.3, -0.25) is 4.79 Å². The molecule has 1 fully saturated rings. The molecule has 2 N–H and O–H groups in total. The lowest BCUT2D eigenvalue weighted by Gasteiger charge is -2.28. The van der Waals surface area contributed by atoms with Gasteiger partial charge in [0.1, 0.15) is 0 Å². The third kappa shape index (κ3) is 2.72. The van der Waals surface area contributed by atoms with E-state index in [0.29, 0.717) is 11.5 Å². The van der Waals surface area contributed by atoms with E-state index in [2.05, 4.69) is 5.32 Å². The lowest BCUT2D eigenvalue weighted by Crippen LogP contribution is -2.50. The van der Waals surface area contributed by atoms with Crippen LogP contribution in [0.1, 0.15) is 41.3 Å². The molecule has 1 aromatic carbocycles. The monoisotopic (exact) mass is 247 g/mol. The van der Waals surface area contributed by atoms with Crippen molar-refractivity contribution in [1.29, 1.82) is 0 Å². The Morgan fingerprint density at radius 3 is 2.33 bits per heavy atom. The minimum Gasteiger partial charge on any atom is -0.394 e. The van der Waals surface area contributed by atoms with Gasteiger partial charge in [-0.15, -0.1) is 0 Å². The normalized spacial score (nSPS) is 18.2. The average Bonchev–Trinajstić information content (AvgIpc) is 3.11. The summed E-state index contributed by atoms with van der Waals surface area (Å²) in [6.07, 6.45) is 2.17. The summed E-state index contributed by atoms with van der Waals surface area (Å²) in [5.74, 6) is 0.322. The highest BCUT2D eigenvalue weighted by atomic mass is 16.3. The molecule has 0 heterocycles. The molecule has 0 bridgehead atoms. The Morgan fingerprint density at radius 2 is 1.89 bits per heavy atom. The molecule has 1 unspecified atom stereocenters. The van der Waals surface area contributed by atoms with Crippen molar-refractivity contribution in [2.24, 2.45) is 5.92 Å². The number of rotatable bonds is 4. The van der Waals surface area contributed by atoms with Crippen molar-refractivity contribution in [3.63, 3.8) is 0 Å². The number of aryl methyl sites for hydroxylation is 2. The lowest BCUT2D eigenvalue weighted by molar-refractivity contribution is 0.0824. The molecular formula is C15H21NO2. The number of aliphatic hydroxyl groups excluding tert-OH is 1. The highest BCUT2D eigenvalue weighted by Gasteiger charge is 2.42. The summed E-state index contributed by atoms with van der Waals surface area (Å²) < 4.78 is 0. The van der Waals surface area contributed by atoms with Crippen molar-refractivity contribution < 1.29 is 9.90 Å². The molecule has 0 spiro atoms. The van der Waals surface area contributed by atoms with Gasteiger partial charge in [0.05, 0.1) is 12.1 Å². The van der Waals surface area contributed by atoms with E-state index in [9.17, 15) is 9.90 Å². The van der Waals surface area contributed by atoms with E-state index in [4.69, 9.17) is 0 Å². The van der Waals surface area contributed by atoms with Gasteiger partial charge < -0.3 is 10.4 Å². The van der Waals surface area contributed by atoms with E-state index in [0.717, 1.165) is 24.0 Å². The van der Waals surface area contributed by atoms with Crippen LogP contribution in [0.25, 0.3) is 0 Å². The highest BCUT2D eigenvalue weighted by Crippen LogP contribution is 2.39. The molecule has 3 nitrogen and oxygen atoms in total. The summed E-state index contributed by atoms with van der Waals surface area (Å²) in [4.78, 5) is 12.2. The van der Waals surface area contributed by atoms with Gasteiger partial charge in [-0.1, -0.05) is 17.2 Å². The molecule has 2 rings (SSSR count). The molecule has 0 saturated heterocycles. The predicted octanol–water partition coefficient (Wildman–Crippen LogP) is 2.19. The number of amides is 1. The second kappa shape index (κ2) is 4.73. The SMILES string of the molecule is Cc1cc(C)cc(C(=O)NC(C)(CO)C2CC2)c1. The molecule has 1 amide bonds. The van der Waals surface area contributed by atoms with E-state index in [-0.39, 0.29) is 12.5 Å². The fraction of sp³-hybridized carbons (Fsp3) is 0.533. The van der Waals surface area contributed by atoms with Crippen molar-refractivity contribution in [3.8, 4) is 0 Å². The van der Waals surface area contributed by atoms with Crippen LogP contribution in [0.5, 0.6) is 0 Å². The van der Waals surface area contributed by atoms with Crippen molar-refractivity contribution >= 4 is 5.91 Å². The zero-order chi connectivity index (χ0) is 13.3. The van der Waals surface area contributed by atoms with E-state index in [1.165, 1.54) is 0 Å². The number of benzene rings is 1. The van der Waals surface area contributed by atoms with Gasteiger partial charge in [-0.2, -0.15) is 0 Å². The first kappa shape index (κ1) is 13.1. The summed E-state index contributed by atoms with van der Waals surface area (Å²) in [5.41, 5.74) is 2.36. The van der Waals surface area contributed by atoms with Crippen LogP contribution in [0.2, 0.25) is 0 Å². The van der Waals surface area contributed by atoms with Crippen molar-refractivity contribution in [3.05, 3.63) is 34.9 Å². The standard InChI is InChI=1S/C15H21NO2/c1-10-6-11(2)8-12(7-10)14(18)16-15(3,9-17)13-4-5-13/h6-8,13,17H,4-5,9H2,1-3H3,(H,16,18). The quantitative estimate of drug-likeness (QED) is 0.857. The van der Waals surface area contributed by atoms with Crippen molar-refractivity contribution in [2.45, 2.75) is 39.2 Å². The van der Waals surface area contributed by atoms with Crippen LogP contribution in [-0.2, 0) is 0 Å². The molecule has 1 aromatic rings. The van der Waals surface area contributed by atoms with Gasteiger partial charge in [0.25, 0.3) is 5.91 Å². The molecule has 0 radical (unpaired) electrons. The first-order valence-corrected chi connectivity index (χ1v) is 6.46. The van der Waals surface area contributed by atoms with E-state index < -0.39 is 5.54 Å². The number of carbonyl (C=O) groups is 1. The summed E-state index contributed by atoms with van der Waals surface area (Å²) in [6.45, 7) is 5.88. The molecule has 1 saturated carbocycles. The van der Waals surface area contributed by atoms with Crippen LogP contribution in [0.4, 0.5) is 0 Å². The summed E-state index contributed by atoms with van der Waals surface area (Å²) in [5, 5.41) is 12.5. The minimum absolute atomic E-state index is 0.00575. The number of hydrogen-bond acceptors (Lipinski definition) is 2. The summed E-state index contributed by atoms with van der Waals surface area (Å²) in [6, 6.07) is 5.81. The van der Waals surface area contributed by atoms with Crippen molar-refractivity contribution in [2.75, 3.05) is 6.61 Å². The van der Waals surface area contributed by atoms with Crippen LogP contribution < -0.4 is 5.32 Å². The zero-order valence-corrected chi connectivity index (χ0v) is 11.3. The van der Waals surface area contributed by atoms with Crippen molar-refractivity contribution in [1.82, 2.24) is 5.32 Å². The Labute approximate surface area is 108 Å². The lowest BCUT2D eigenvalue weighted by atomic mass is 9.96. The van der Waals surface area contributed by atoms with Gasteiger partial charge >= 0.3 is 0 Å². The fourth-order valence-electron chi connectivity index (χ4n) is 2.43. The minimum atomic E-state index is -0.477. The molecule has 3 heteroatoms. The number of carbonyl (C=O) groups excluding carboxylic acids is 1. The molecule has 0 aliphatic heterocycles. The molecular weight excluding hydrogens is 226 g/mol. The fourth-order valence-corrected chi connectivity index (χ4v) is 2.43. The summed E-state index contributed by atoms with van der Waals surface area (Å²) >= 11 is 0. The predicted molar refractivity (Wildman–Crippen MR) is 71.6 cm³/mol. The maximum absolute atomic E-state index is 12.2. The Kier molecular flexibility index (Phi) is 3.44. The molecule has 1 atom stereocenters. The average molecular weight is 247 g/mol. The van der Waals surface area contributed by atoms with E-state index in [1.807, 2.05) is 39.0 Å². The Hall–Kier alpha value is -1.35. The smallest absolute Gasteiger partial charge is 0.251 e. The molecule has 98 valence electrons. The topological polar surface area (TPSA) is 49.3 Å². The highest BCUT2D eigenvalue weighted by molar-refractivity contribution is 5.95. The molecule has 0 aromatic heterocycles. The molecule has 18 heavy (non-hydrogen) atoms. The Bertz CT molecular complexity index is 445. The summed E-state index contributed by atoms with van der Waals surface area (Å²) in [7, 11) is 0. The maximum atomic E-state index is 12.2. The van der Waals surface area contributed by atoms with Crippen LogP contribution >= 0.6 is 0 Å². The second-order valence-corrected chi connectivity index (χ2v) is 5.68. The van der Waals surface area contributed by atoms with Crippen LogP contribution in [0, 0.1) is 19.8 Å². The first-order valence-electron chi connectivity index (χ1n) is 6.46. The van der Waals surface area contributed by atoms with Gasteiger partial charge in [-0.05, 0) is 51.7 Å². The van der Waals surface area contributed by atoms with Gasteiger partial charge in [0.15, 0.2) is 0 Å². The Morgan fingerprint density at radius 1 is 1.33 bits per heavy atom. The van der Waals surface area contributed by atoms with Gasteiger partial charge in [0.2, 0.25) is 0 Å². The van der Waals surface area contributed by atoms with E-state index in [1.54, 1.807) is 0 Å². The van der Waals surface area contributed by atoms with Gasteiger partial charge in [0, 0.05) is 5.56 Å². The number of aliphatic hydroxyl groups is 1. The zero-order valence-electron chi connectivity index (χ0n) is 11.3. The number of hydrogen-bond donors (Lipinski definition) is 2. The molecule has 1 aliphatic rings. The molecule has 1 aliphatic carbocycles. The third-order valence-corrected chi connectivity index (χ3v) is 3.69. The third-order valence-electron chi connectivity index (χ3n) is 3.69. The van der Waals surface area contributed by atoms with E-state index >= 15 is 0 Å². The first-order chi connectivity index (χ1) is 8.44. The van der Waals surface area contributed by atoms with Gasteiger partial charge in [-0.25, -0.2) is 0 Å². The second-order valence-electron chi connectivity index (χ2n) is 5.68. The largest absolute Gasteiger partial charge is 0.394 e. The number of nitrogens with one attached hydrogen (secondary N) is 1. The van der Waals surface area contributed by atoms with Crippen LogP contribution in [0.3, 0.4) is 0 Å². The maximum Gasteiger partial charge on any atom is 0.251 e. The van der Waals surface area contributed by atoms with Crippen LogP contribution in [0.15, 0.2) is 18.2 Å². The van der Waals surface area contributed by atoms with Crippen LogP contribution in [-0.4, -0.2) is 23.2 Å².